The molecule has 0 unspecified atom stereocenters. The van der Waals surface area contributed by atoms with Gasteiger partial charge >= 0.3 is 0 Å². The second kappa shape index (κ2) is 4.73. The molecule has 1 fully saturated rings. The second-order valence-electron chi connectivity index (χ2n) is 5.53. The average Bonchev–Trinajstić information content (AvgIpc) is 2.46. The fourth-order valence-electron chi connectivity index (χ4n) is 2.44. The van der Waals surface area contributed by atoms with Gasteiger partial charge < -0.3 is 10.0 Å². The van der Waals surface area contributed by atoms with Crippen LogP contribution in [0.15, 0.2) is 24.4 Å². The van der Waals surface area contributed by atoms with E-state index in [-0.39, 0.29) is 0 Å². The molecule has 0 amide bonds. The molecule has 102 valence electrons. The summed E-state index contributed by atoms with van der Waals surface area (Å²) in [5.74, 6) is 0.831. The summed E-state index contributed by atoms with van der Waals surface area (Å²) in [6.45, 7) is 3.44. The number of nitrogens with zero attached hydrogens (tertiary/aromatic N) is 4. The van der Waals surface area contributed by atoms with E-state index in [1.54, 1.807) is 18.3 Å². The number of aliphatic hydroxyl groups is 1. The number of anilines is 1. The van der Waals surface area contributed by atoms with Crippen LogP contribution in [0.5, 0.6) is 0 Å². The summed E-state index contributed by atoms with van der Waals surface area (Å²) >= 11 is 0. The van der Waals surface area contributed by atoms with Gasteiger partial charge in [0.1, 0.15) is 5.82 Å². The zero-order chi connectivity index (χ0) is 14.2. The molecule has 1 aromatic heterocycles. The summed E-state index contributed by atoms with van der Waals surface area (Å²) in [6, 6.07) is 7.42. The van der Waals surface area contributed by atoms with E-state index in [2.05, 4.69) is 20.9 Å². The summed E-state index contributed by atoms with van der Waals surface area (Å²) in [6.07, 6.45) is 3.21. The molecule has 1 aliphatic heterocycles. The van der Waals surface area contributed by atoms with Gasteiger partial charge in [-0.05, 0) is 38.0 Å². The van der Waals surface area contributed by atoms with Crippen LogP contribution in [0, 0.1) is 11.3 Å². The molecule has 0 radical (unpaired) electrons. The summed E-state index contributed by atoms with van der Waals surface area (Å²) < 4.78 is 0. The Morgan fingerprint density at radius 3 is 2.75 bits per heavy atom. The Morgan fingerprint density at radius 1 is 1.30 bits per heavy atom. The fraction of sp³-hybridized carbons (Fsp3) is 0.400. The third-order valence-corrected chi connectivity index (χ3v) is 3.82. The van der Waals surface area contributed by atoms with Crippen LogP contribution >= 0.6 is 0 Å². The van der Waals surface area contributed by atoms with E-state index in [4.69, 9.17) is 5.26 Å². The highest BCUT2D eigenvalue weighted by molar-refractivity contribution is 5.77. The Balaban J connectivity index is 1.88. The van der Waals surface area contributed by atoms with Crippen LogP contribution in [-0.2, 0) is 0 Å². The predicted octanol–water partition coefficient (Wildman–Crippen LogP) is 1.85. The van der Waals surface area contributed by atoms with Crippen molar-refractivity contribution in [3.05, 3.63) is 30.0 Å². The van der Waals surface area contributed by atoms with Crippen molar-refractivity contribution in [1.82, 2.24) is 9.97 Å². The summed E-state index contributed by atoms with van der Waals surface area (Å²) in [5.41, 5.74) is 1.55. The van der Waals surface area contributed by atoms with Crippen molar-refractivity contribution in [3.8, 4) is 6.07 Å². The normalized spacial score (nSPS) is 17.9. The fourth-order valence-corrected chi connectivity index (χ4v) is 2.44. The van der Waals surface area contributed by atoms with Gasteiger partial charge in [0.05, 0.1) is 34.5 Å². The van der Waals surface area contributed by atoms with Gasteiger partial charge in [-0.15, -0.1) is 0 Å². The molecule has 3 rings (SSSR count). The summed E-state index contributed by atoms with van der Waals surface area (Å²) in [7, 11) is 0. The van der Waals surface area contributed by atoms with Gasteiger partial charge in [0.2, 0.25) is 0 Å². The third-order valence-electron chi connectivity index (χ3n) is 3.82. The van der Waals surface area contributed by atoms with Crippen LogP contribution in [0.3, 0.4) is 0 Å². The van der Waals surface area contributed by atoms with E-state index in [9.17, 15) is 5.11 Å². The van der Waals surface area contributed by atoms with E-state index in [0.717, 1.165) is 42.8 Å². The number of hydrogen-bond donors (Lipinski definition) is 1. The molecule has 1 aliphatic rings. The highest BCUT2D eigenvalue weighted by Crippen LogP contribution is 2.25. The van der Waals surface area contributed by atoms with Crippen LogP contribution in [-0.4, -0.2) is 33.8 Å². The van der Waals surface area contributed by atoms with Gasteiger partial charge in [-0.2, -0.15) is 5.26 Å². The minimum atomic E-state index is -0.567. The van der Waals surface area contributed by atoms with Gasteiger partial charge in [0.25, 0.3) is 0 Å². The monoisotopic (exact) mass is 268 g/mol. The molecule has 2 aromatic rings. The smallest absolute Gasteiger partial charge is 0.147 e. The van der Waals surface area contributed by atoms with Crippen LogP contribution in [0.1, 0.15) is 25.3 Å². The molecule has 1 saturated heterocycles. The Kier molecular flexibility index (Phi) is 3.03. The maximum atomic E-state index is 9.98. The molecular formula is C15H16N4O. The van der Waals surface area contributed by atoms with Crippen molar-refractivity contribution >= 4 is 16.9 Å². The SMILES string of the molecule is CC1(O)CCN(c2cnc3cc(C#N)ccc3n2)CC1. The van der Waals surface area contributed by atoms with Gasteiger partial charge in [0, 0.05) is 13.1 Å². The van der Waals surface area contributed by atoms with Crippen molar-refractivity contribution in [2.75, 3.05) is 18.0 Å². The van der Waals surface area contributed by atoms with Gasteiger partial charge in [0.15, 0.2) is 0 Å². The first-order valence-corrected chi connectivity index (χ1v) is 6.72. The molecule has 5 nitrogen and oxygen atoms in total. The van der Waals surface area contributed by atoms with Crippen LogP contribution < -0.4 is 4.90 Å². The third kappa shape index (κ3) is 2.43. The zero-order valence-electron chi connectivity index (χ0n) is 11.4. The highest BCUT2D eigenvalue weighted by atomic mass is 16.3. The molecule has 1 aromatic carbocycles. The van der Waals surface area contributed by atoms with E-state index in [1.165, 1.54) is 0 Å². The van der Waals surface area contributed by atoms with Crippen molar-refractivity contribution in [2.24, 2.45) is 0 Å². The minimum absolute atomic E-state index is 0.567. The zero-order valence-corrected chi connectivity index (χ0v) is 11.4. The molecule has 2 heterocycles. The molecule has 20 heavy (non-hydrogen) atoms. The number of fused-ring (bicyclic) bond motifs is 1. The molecule has 0 saturated carbocycles. The van der Waals surface area contributed by atoms with E-state index in [0.29, 0.717) is 5.56 Å². The van der Waals surface area contributed by atoms with Crippen molar-refractivity contribution in [2.45, 2.75) is 25.4 Å². The lowest BCUT2D eigenvalue weighted by molar-refractivity contribution is 0.0350. The predicted molar refractivity (Wildman–Crippen MR) is 76.3 cm³/mol. The maximum Gasteiger partial charge on any atom is 0.147 e. The molecule has 0 spiro atoms. The Labute approximate surface area is 117 Å². The quantitative estimate of drug-likeness (QED) is 0.854. The van der Waals surface area contributed by atoms with Crippen LogP contribution in [0.2, 0.25) is 0 Å². The largest absolute Gasteiger partial charge is 0.390 e. The maximum absolute atomic E-state index is 9.98. The van der Waals surface area contributed by atoms with Crippen LogP contribution in [0.25, 0.3) is 11.0 Å². The lowest BCUT2D eigenvalue weighted by Gasteiger charge is -2.36. The van der Waals surface area contributed by atoms with Gasteiger partial charge in [-0.1, -0.05) is 0 Å². The topological polar surface area (TPSA) is 73.0 Å². The van der Waals surface area contributed by atoms with E-state index >= 15 is 0 Å². The Bertz CT molecular complexity index is 680. The number of piperidine rings is 1. The van der Waals surface area contributed by atoms with Crippen molar-refractivity contribution in [3.63, 3.8) is 0 Å². The molecule has 0 aliphatic carbocycles. The first kappa shape index (κ1) is 12.8. The molecule has 1 N–H and O–H groups in total. The lowest BCUT2D eigenvalue weighted by Crippen LogP contribution is -2.42. The average molecular weight is 268 g/mol. The first-order valence-electron chi connectivity index (χ1n) is 6.72. The van der Waals surface area contributed by atoms with Crippen LogP contribution in [0.4, 0.5) is 5.82 Å². The number of rotatable bonds is 1. The highest BCUT2D eigenvalue weighted by Gasteiger charge is 2.27. The Hall–Kier alpha value is -2.19. The summed E-state index contributed by atoms with van der Waals surface area (Å²) in [5, 5.41) is 18.8. The second-order valence-corrected chi connectivity index (χ2v) is 5.53. The van der Waals surface area contributed by atoms with E-state index < -0.39 is 5.60 Å². The van der Waals surface area contributed by atoms with Crippen molar-refractivity contribution in [1.29, 1.82) is 5.26 Å². The summed E-state index contributed by atoms with van der Waals surface area (Å²) in [4.78, 5) is 11.1. The first-order chi connectivity index (χ1) is 9.57. The molecular weight excluding hydrogens is 252 g/mol. The van der Waals surface area contributed by atoms with E-state index in [1.807, 2.05) is 13.0 Å². The molecule has 0 bridgehead atoms. The number of nitriles is 1. The lowest BCUT2D eigenvalue weighted by atomic mass is 9.94. The number of benzene rings is 1. The number of aromatic nitrogens is 2. The number of hydrogen-bond acceptors (Lipinski definition) is 5. The van der Waals surface area contributed by atoms with Crippen molar-refractivity contribution < 1.29 is 5.11 Å². The minimum Gasteiger partial charge on any atom is -0.390 e. The molecule has 5 heteroatoms. The molecule has 0 atom stereocenters. The standard InChI is InChI=1S/C15H16N4O/c1-15(20)4-6-19(7-5-15)14-10-17-13-8-11(9-16)2-3-12(13)18-14/h2-3,8,10,20H,4-7H2,1H3. The Morgan fingerprint density at radius 2 is 2.05 bits per heavy atom. The van der Waals surface area contributed by atoms with Gasteiger partial charge in [-0.25, -0.2) is 4.98 Å². The van der Waals surface area contributed by atoms with Gasteiger partial charge in [-0.3, -0.25) is 4.98 Å².